The van der Waals surface area contributed by atoms with Gasteiger partial charge in [-0.1, -0.05) is 24.4 Å². The smallest absolute Gasteiger partial charge is 0.139 e. The first-order valence-electron chi connectivity index (χ1n) is 5.90. The molecule has 0 radical (unpaired) electrons. The molecule has 88 valence electrons. The van der Waals surface area contributed by atoms with Gasteiger partial charge in [-0.3, -0.25) is 0 Å². The van der Waals surface area contributed by atoms with Crippen molar-refractivity contribution in [3.05, 3.63) is 0 Å². The van der Waals surface area contributed by atoms with E-state index in [1.165, 1.54) is 32.1 Å². The highest BCUT2D eigenvalue weighted by atomic mass is 16.4. The minimum absolute atomic E-state index is 0.340. The summed E-state index contributed by atoms with van der Waals surface area (Å²) in [5.74, 6) is 0.340. The SMILES string of the molecule is CN(CCC/C(N)=N/O)C1CCCCC1. The van der Waals surface area contributed by atoms with Gasteiger partial charge in [0.05, 0.1) is 0 Å². The molecule has 0 aromatic carbocycles. The number of oxime groups is 1. The van der Waals surface area contributed by atoms with Crippen LogP contribution in [0.15, 0.2) is 5.16 Å². The zero-order chi connectivity index (χ0) is 11.1. The number of nitrogens with two attached hydrogens (primary N) is 1. The lowest BCUT2D eigenvalue weighted by Gasteiger charge is -2.31. The fourth-order valence-electron chi connectivity index (χ4n) is 2.26. The van der Waals surface area contributed by atoms with E-state index in [0.717, 1.165) is 19.0 Å². The summed E-state index contributed by atoms with van der Waals surface area (Å²) in [7, 11) is 2.18. The van der Waals surface area contributed by atoms with Gasteiger partial charge in [-0.25, -0.2) is 0 Å². The molecule has 0 amide bonds. The third-order valence-corrected chi connectivity index (χ3v) is 3.27. The second-order valence-electron chi connectivity index (χ2n) is 4.47. The summed E-state index contributed by atoms with van der Waals surface area (Å²) in [5.41, 5.74) is 5.42. The van der Waals surface area contributed by atoms with Crippen molar-refractivity contribution in [2.24, 2.45) is 10.9 Å². The molecule has 0 atom stereocenters. The third kappa shape index (κ3) is 4.51. The van der Waals surface area contributed by atoms with Gasteiger partial charge in [0.15, 0.2) is 0 Å². The molecule has 0 bridgehead atoms. The van der Waals surface area contributed by atoms with Gasteiger partial charge in [0, 0.05) is 12.5 Å². The van der Waals surface area contributed by atoms with Crippen LogP contribution in [0.4, 0.5) is 0 Å². The van der Waals surface area contributed by atoms with E-state index >= 15 is 0 Å². The first-order chi connectivity index (χ1) is 7.24. The van der Waals surface area contributed by atoms with Gasteiger partial charge < -0.3 is 15.8 Å². The molecule has 1 aliphatic rings. The molecule has 4 nitrogen and oxygen atoms in total. The Kier molecular flexibility index (Phi) is 5.47. The lowest BCUT2D eigenvalue weighted by atomic mass is 9.94. The lowest BCUT2D eigenvalue weighted by molar-refractivity contribution is 0.190. The van der Waals surface area contributed by atoms with Crippen molar-refractivity contribution in [1.82, 2.24) is 4.90 Å². The Morgan fingerprint density at radius 1 is 1.40 bits per heavy atom. The van der Waals surface area contributed by atoms with Crippen LogP contribution in [0.2, 0.25) is 0 Å². The van der Waals surface area contributed by atoms with E-state index in [9.17, 15) is 0 Å². The van der Waals surface area contributed by atoms with Crippen LogP contribution < -0.4 is 5.73 Å². The van der Waals surface area contributed by atoms with Crippen LogP contribution >= 0.6 is 0 Å². The summed E-state index contributed by atoms with van der Waals surface area (Å²) < 4.78 is 0. The van der Waals surface area contributed by atoms with Gasteiger partial charge in [-0.15, -0.1) is 0 Å². The van der Waals surface area contributed by atoms with Crippen LogP contribution in [-0.2, 0) is 0 Å². The Hall–Kier alpha value is -0.770. The molecule has 0 unspecified atom stereocenters. The zero-order valence-electron chi connectivity index (χ0n) is 9.65. The fourth-order valence-corrected chi connectivity index (χ4v) is 2.26. The predicted molar refractivity (Wildman–Crippen MR) is 62.1 cm³/mol. The second kappa shape index (κ2) is 6.67. The number of hydrogen-bond donors (Lipinski definition) is 2. The number of nitrogens with zero attached hydrogens (tertiary/aromatic N) is 2. The van der Waals surface area contributed by atoms with E-state index in [0.29, 0.717) is 12.3 Å². The van der Waals surface area contributed by atoms with Crippen molar-refractivity contribution in [2.75, 3.05) is 13.6 Å². The van der Waals surface area contributed by atoms with Crippen LogP contribution in [0.1, 0.15) is 44.9 Å². The van der Waals surface area contributed by atoms with E-state index in [1.54, 1.807) is 0 Å². The molecule has 1 aliphatic carbocycles. The van der Waals surface area contributed by atoms with E-state index in [-0.39, 0.29) is 0 Å². The average molecular weight is 213 g/mol. The monoisotopic (exact) mass is 213 g/mol. The summed E-state index contributed by atoms with van der Waals surface area (Å²) >= 11 is 0. The maximum Gasteiger partial charge on any atom is 0.139 e. The standard InChI is InChI=1S/C11H23N3O/c1-14(9-5-8-11(12)13-15)10-6-3-2-4-7-10/h10,15H,2-9H2,1H3,(H2,12,13). The van der Waals surface area contributed by atoms with Crippen molar-refractivity contribution in [1.29, 1.82) is 0 Å². The molecule has 0 spiro atoms. The molecule has 1 fully saturated rings. The Labute approximate surface area is 92.1 Å². The van der Waals surface area contributed by atoms with Crippen molar-refractivity contribution in [3.63, 3.8) is 0 Å². The summed E-state index contributed by atoms with van der Waals surface area (Å²) in [6.07, 6.45) is 8.47. The van der Waals surface area contributed by atoms with Crippen LogP contribution in [0.5, 0.6) is 0 Å². The number of rotatable bonds is 5. The third-order valence-electron chi connectivity index (χ3n) is 3.27. The zero-order valence-corrected chi connectivity index (χ0v) is 9.65. The van der Waals surface area contributed by atoms with Gasteiger partial charge in [0.1, 0.15) is 5.84 Å². The molecule has 1 saturated carbocycles. The van der Waals surface area contributed by atoms with Crippen LogP contribution in [0.25, 0.3) is 0 Å². The molecule has 0 aromatic rings. The Morgan fingerprint density at radius 2 is 2.07 bits per heavy atom. The topological polar surface area (TPSA) is 61.8 Å². The summed E-state index contributed by atoms with van der Waals surface area (Å²) in [4.78, 5) is 2.42. The molecule has 3 N–H and O–H groups in total. The fraction of sp³-hybridized carbons (Fsp3) is 0.909. The minimum atomic E-state index is 0.340. The Morgan fingerprint density at radius 3 is 2.67 bits per heavy atom. The highest BCUT2D eigenvalue weighted by molar-refractivity contribution is 5.79. The lowest BCUT2D eigenvalue weighted by Crippen LogP contribution is -2.34. The highest BCUT2D eigenvalue weighted by Crippen LogP contribution is 2.21. The minimum Gasteiger partial charge on any atom is -0.409 e. The highest BCUT2D eigenvalue weighted by Gasteiger charge is 2.17. The van der Waals surface area contributed by atoms with Crippen LogP contribution in [0, 0.1) is 0 Å². The average Bonchev–Trinajstić information content (AvgIpc) is 2.29. The van der Waals surface area contributed by atoms with E-state index < -0.39 is 0 Å². The molecule has 15 heavy (non-hydrogen) atoms. The summed E-state index contributed by atoms with van der Waals surface area (Å²) in [5, 5.41) is 11.4. The molecule has 4 heteroatoms. The maximum absolute atomic E-state index is 8.40. The quantitative estimate of drug-likeness (QED) is 0.317. The molecular formula is C11H23N3O. The number of amidine groups is 1. The van der Waals surface area contributed by atoms with Crippen molar-refractivity contribution in [3.8, 4) is 0 Å². The number of hydrogen-bond acceptors (Lipinski definition) is 3. The van der Waals surface area contributed by atoms with E-state index in [1.807, 2.05) is 0 Å². The molecule has 0 heterocycles. The van der Waals surface area contributed by atoms with Gasteiger partial charge in [-0.05, 0) is 32.9 Å². The summed E-state index contributed by atoms with van der Waals surface area (Å²) in [6.45, 7) is 1.04. The largest absolute Gasteiger partial charge is 0.409 e. The molecule has 1 rings (SSSR count). The Bertz CT molecular complexity index is 200. The Balaban J connectivity index is 2.14. The molecule has 0 aromatic heterocycles. The first-order valence-corrected chi connectivity index (χ1v) is 5.90. The van der Waals surface area contributed by atoms with E-state index in [2.05, 4.69) is 17.1 Å². The predicted octanol–water partition coefficient (Wildman–Crippen LogP) is 1.78. The molecule has 0 aliphatic heterocycles. The van der Waals surface area contributed by atoms with Crippen molar-refractivity contribution < 1.29 is 5.21 Å². The van der Waals surface area contributed by atoms with Gasteiger partial charge in [0.25, 0.3) is 0 Å². The van der Waals surface area contributed by atoms with Crippen LogP contribution in [-0.4, -0.2) is 35.6 Å². The summed E-state index contributed by atoms with van der Waals surface area (Å²) in [6, 6.07) is 0.756. The van der Waals surface area contributed by atoms with E-state index in [4.69, 9.17) is 10.9 Å². The molecule has 0 saturated heterocycles. The molecular weight excluding hydrogens is 190 g/mol. The van der Waals surface area contributed by atoms with Crippen LogP contribution in [0.3, 0.4) is 0 Å². The van der Waals surface area contributed by atoms with Gasteiger partial charge >= 0.3 is 0 Å². The van der Waals surface area contributed by atoms with Gasteiger partial charge in [-0.2, -0.15) is 0 Å². The normalized spacial score (nSPS) is 19.7. The van der Waals surface area contributed by atoms with Crippen molar-refractivity contribution >= 4 is 5.84 Å². The maximum atomic E-state index is 8.40. The first kappa shape index (κ1) is 12.3. The van der Waals surface area contributed by atoms with Gasteiger partial charge in [0.2, 0.25) is 0 Å². The second-order valence-corrected chi connectivity index (χ2v) is 4.47. The van der Waals surface area contributed by atoms with Crippen molar-refractivity contribution in [2.45, 2.75) is 51.0 Å².